The van der Waals surface area contributed by atoms with Gasteiger partial charge in [0.1, 0.15) is 12.4 Å². The Hall–Kier alpha value is -1.91. The molecule has 0 amide bonds. The minimum absolute atomic E-state index is 0.213. The molecule has 0 unspecified atom stereocenters. The quantitative estimate of drug-likeness (QED) is 0.683. The molecule has 0 spiro atoms. The summed E-state index contributed by atoms with van der Waals surface area (Å²) in [5, 5.41) is 1.06. The van der Waals surface area contributed by atoms with E-state index in [9.17, 15) is 4.79 Å². The maximum atomic E-state index is 11.5. The Morgan fingerprint density at radius 2 is 1.95 bits per heavy atom. The number of hydrogen-bond acceptors (Lipinski definition) is 4. The normalized spacial score (nSPS) is 10.2. The topological polar surface area (TPSA) is 61.5 Å². The molecular weight excluding hydrogens is 313 g/mol. The third kappa shape index (κ3) is 3.80. The van der Waals surface area contributed by atoms with Gasteiger partial charge in [-0.3, -0.25) is 0 Å². The lowest BCUT2D eigenvalue weighted by Gasteiger charge is -2.11. The molecule has 2 aromatic rings. The van der Waals surface area contributed by atoms with E-state index in [-0.39, 0.29) is 6.61 Å². The highest BCUT2D eigenvalue weighted by Crippen LogP contribution is 2.26. The Kier molecular flexibility index (Phi) is 4.94. The van der Waals surface area contributed by atoms with Crippen LogP contribution >= 0.6 is 23.2 Å². The van der Waals surface area contributed by atoms with Crippen molar-refractivity contribution in [3.63, 3.8) is 0 Å². The van der Waals surface area contributed by atoms with Crippen molar-refractivity contribution in [2.45, 2.75) is 6.61 Å². The van der Waals surface area contributed by atoms with Gasteiger partial charge >= 0.3 is 5.97 Å². The van der Waals surface area contributed by atoms with Crippen LogP contribution in [0.5, 0.6) is 5.75 Å². The number of halogens is 2. The fraction of sp³-hybridized carbons (Fsp3) is 0.133. The lowest BCUT2D eigenvalue weighted by molar-refractivity contribution is 0.0600. The molecule has 0 aliphatic rings. The van der Waals surface area contributed by atoms with E-state index in [4.69, 9.17) is 33.7 Å². The average Bonchev–Trinajstić information content (AvgIpc) is 2.47. The van der Waals surface area contributed by atoms with Crippen molar-refractivity contribution in [1.82, 2.24) is 0 Å². The van der Waals surface area contributed by atoms with Gasteiger partial charge in [0.15, 0.2) is 0 Å². The monoisotopic (exact) mass is 325 g/mol. The van der Waals surface area contributed by atoms with Crippen LogP contribution in [0.25, 0.3) is 0 Å². The van der Waals surface area contributed by atoms with E-state index < -0.39 is 5.97 Å². The molecule has 0 atom stereocenters. The van der Waals surface area contributed by atoms with Crippen molar-refractivity contribution in [3.8, 4) is 5.75 Å². The van der Waals surface area contributed by atoms with E-state index in [2.05, 4.69) is 4.74 Å². The molecule has 0 saturated heterocycles. The van der Waals surface area contributed by atoms with Crippen LogP contribution in [0.15, 0.2) is 36.4 Å². The Morgan fingerprint density at radius 3 is 2.62 bits per heavy atom. The number of carbonyl (C=O) groups excluding carboxylic acids is 1. The lowest BCUT2D eigenvalue weighted by atomic mass is 10.2. The molecule has 4 nitrogen and oxygen atoms in total. The summed E-state index contributed by atoms with van der Waals surface area (Å²) in [6, 6.07) is 9.82. The summed E-state index contributed by atoms with van der Waals surface area (Å²) in [6.45, 7) is 0.213. The predicted molar refractivity (Wildman–Crippen MR) is 83.0 cm³/mol. The highest BCUT2D eigenvalue weighted by Gasteiger charge is 2.10. The number of benzene rings is 2. The number of anilines is 1. The first kappa shape index (κ1) is 15.5. The SMILES string of the molecule is COC(=O)c1ccc(N)c(OCc2ccc(Cl)cc2Cl)c1. The fourth-order valence-corrected chi connectivity index (χ4v) is 2.16. The summed E-state index contributed by atoms with van der Waals surface area (Å²) in [6.07, 6.45) is 0. The van der Waals surface area contributed by atoms with Gasteiger partial charge in [0, 0.05) is 15.6 Å². The Bertz CT molecular complexity index is 674. The van der Waals surface area contributed by atoms with Crippen LogP contribution in [0.1, 0.15) is 15.9 Å². The van der Waals surface area contributed by atoms with Crippen molar-refractivity contribution >= 4 is 34.9 Å². The number of nitrogen functional groups attached to an aromatic ring is 1. The molecule has 0 saturated carbocycles. The van der Waals surface area contributed by atoms with Crippen molar-refractivity contribution in [2.24, 2.45) is 0 Å². The number of esters is 1. The second kappa shape index (κ2) is 6.70. The van der Waals surface area contributed by atoms with E-state index in [1.54, 1.807) is 30.3 Å². The van der Waals surface area contributed by atoms with Crippen molar-refractivity contribution in [1.29, 1.82) is 0 Å². The van der Waals surface area contributed by atoms with Gasteiger partial charge in [0.25, 0.3) is 0 Å². The van der Waals surface area contributed by atoms with E-state index in [1.165, 1.54) is 13.2 Å². The average molecular weight is 326 g/mol. The van der Waals surface area contributed by atoms with Gasteiger partial charge in [-0.2, -0.15) is 0 Å². The Morgan fingerprint density at radius 1 is 1.19 bits per heavy atom. The van der Waals surface area contributed by atoms with Crippen LogP contribution in [0.3, 0.4) is 0 Å². The minimum Gasteiger partial charge on any atom is -0.487 e. The van der Waals surface area contributed by atoms with Crippen LogP contribution in [0, 0.1) is 0 Å². The summed E-state index contributed by atoms with van der Waals surface area (Å²) in [4.78, 5) is 11.5. The van der Waals surface area contributed by atoms with Gasteiger partial charge in [-0.1, -0.05) is 29.3 Å². The van der Waals surface area contributed by atoms with Gasteiger partial charge in [-0.05, 0) is 30.3 Å². The van der Waals surface area contributed by atoms with Crippen LogP contribution in [-0.4, -0.2) is 13.1 Å². The molecule has 21 heavy (non-hydrogen) atoms. The van der Waals surface area contributed by atoms with Gasteiger partial charge in [-0.15, -0.1) is 0 Å². The van der Waals surface area contributed by atoms with Crippen molar-refractivity contribution in [2.75, 3.05) is 12.8 Å². The summed E-state index contributed by atoms with van der Waals surface area (Å²) in [5.74, 6) is -0.0618. The molecule has 6 heteroatoms. The highest BCUT2D eigenvalue weighted by atomic mass is 35.5. The fourth-order valence-electron chi connectivity index (χ4n) is 1.70. The second-order valence-corrected chi connectivity index (χ2v) is 5.11. The summed E-state index contributed by atoms with van der Waals surface area (Å²) in [5.41, 5.74) is 7.38. The zero-order chi connectivity index (χ0) is 15.4. The molecule has 2 N–H and O–H groups in total. The first-order valence-corrected chi connectivity index (χ1v) is 6.81. The van der Waals surface area contributed by atoms with Crippen LogP contribution in [0.2, 0.25) is 10.0 Å². The van der Waals surface area contributed by atoms with E-state index in [0.29, 0.717) is 27.0 Å². The van der Waals surface area contributed by atoms with Crippen molar-refractivity contribution < 1.29 is 14.3 Å². The molecule has 0 radical (unpaired) electrons. The van der Waals surface area contributed by atoms with E-state index >= 15 is 0 Å². The van der Waals surface area contributed by atoms with E-state index in [0.717, 1.165) is 5.56 Å². The second-order valence-electron chi connectivity index (χ2n) is 4.27. The Labute approximate surface area is 132 Å². The molecule has 0 aliphatic carbocycles. The number of ether oxygens (including phenoxy) is 2. The maximum Gasteiger partial charge on any atom is 0.337 e. The van der Waals surface area contributed by atoms with Crippen molar-refractivity contribution in [3.05, 3.63) is 57.6 Å². The maximum absolute atomic E-state index is 11.5. The predicted octanol–water partition coefficient (Wildman–Crippen LogP) is 3.94. The molecule has 110 valence electrons. The lowest BCUT2D eigenvalue weighted by Crippen LogP contribution is -2.04. The van der Waals surface area contributed by atoms with Gasteiger partial charge in [0.05, 0.1) is 18.4 Å². The summed E-state index contributed by atoms with van der Waals surface area (Å²) in [7, 11) is 1.31. The number of nitrogens with two attached hydrogens (primary N) is 1. The Balaban J connectivity index is 2.17. The highest BCUT2D eigenvalue weighted by molar-refractivity contribution is 6.35. The third-order valence-electron chi connectivity index (χ3n) is 2.83. The zero-order valence-electron chi connectivity index (χ0n) is 11.2. The first-order chi connectivity index (χ1) is 10.0. The molecule has 0 fully saturated rings. The molecule has 0 aliphatic heterocycles. The summed E-state index contributed by atoms with van der Waals surface area (Å²) >= 11 is 11.9. The van der Waals surface area contributed by atoms with Crippen LogP contribution in [0.4, 0.5) is 5.69 Å². The standard InChI is InChI=1S/C15H13Cl2NO3/c1-20-15(19)9-3-5-13(18)14(6-9)21-8-10-2-4-11(16)7-12(10)17/h2-7H,8,18H2,1H3. The first-order valence-electron chi connectivity index (χ1n) is 6.06. The van der Waals surface area contributed by atoms with Crippen LogP contribution in [-0.2, 0) is 11.3 Å². The molecule has 2 aromatic carbocycles. The van der Waals surface area contributed by atoms with E-state index in [1.807, 2.05) is 0 Å². The molecule has 2 rings (SSSR count). The molecule has 0 bridgehead atoms. The minimum atomic E-state index is -0.454. The molecule has 0 aromatic heterocycles. The molecular formula is C15H13Cl2NO3. The van der Waals surface area contributed by atoms with Gasteiger partial charge in [-0.25, -0.2) is 4.79 Å². The summed E-state index contributed by atoms with van der Waals surface area (Å²) < 4.78 is 10.3. The molecule has 0 heterocycles. The zero-order valence-corrected chi connectivity index (χ0v) is 12.7. The van der Waals surface area contributed by atoms with Gasteiger partial charge in [0.2, 0.25) is 0 Å². The van der Waals surface area contributed by atoms with Crippen LogP contribution < -0.4 is 10.5 Å². The number of hydrogen-bond donors (Lipinski definition) is 1. The smallest absolute Gasteiger partial charge is 0.337 e. The third-order valence-corrected chi connectivity index (χ3v) is 3.42. The largest absolute Gasteiger partial charge is 0.487 e. The number of methoxy groups -OCH3 is 1. The van der Waals surface area contributed by atoms with Gasteiger partial charge < -0.3 is 15.2 Å². The number of rotatable bonds is 4. The number of carbonyl (C=O) groups is 1.